The monoisotopic (exact) mass is 470 g/mol. The number of rotatable bonds is 6. The first-order chi connectivity index (χ1) is 16.5. The van der Waals surface area contributed by atoms with Crippen molar-refractivity contribution in [2.75, 3.05) is 38.0 Å². The average molecular weight is 471 g/mol. The molecular formula is C28H30N4OS. The predicted octanol–water partition coefficient (Wildman–Crippen LogP) is 5.34. The van der Waals surface area contributed by atoms with E-state index in [2.05, 4.69) is 94.6 Å². The lowest BCUT2D eigenvalue weighted by molar-refractivity contribution is -0.117. The number of amides is 1. The lowest BCUT2D eigenvalue weighted by atomic mass is 10.0. The third-order valence-electron chi connectivity index (χ3n) is 6.66. The van der Waals surface area contributed by atoms with E-state index in [4.69, 9.17) is 0 Å². The Hall–Kier alpha value is -3.06. The molecule has 0 unspecified atom stereocenters. The van der Waals surface area contributed by atoms with Gasteiger partial charge in [-0.3, -0.25) is 14.6 Å². The van der Waals surface area contributed by atoms with Crippen LogP contribution >= 0.6 is 11.3 Å². The standard InChI is InChI=1S/C28H30N4OS/c1-20-10-11-23(16-21(20)2)26-19-34-28(29-26)30-27(33)18-32-14-12-31(13-15-32)17-24-8-5-7-22-6-3-4-9-25(22)24/h3-11,16,19H,12-15,17-18H2,1-2H3,(H,29,30,33). The molecule has 0 radical (unpaired) electrons. The number of piperazine rings is 1. The Bertz CT molecular complexity index is 1300. The van der Waals surface area contributed by atoms with E-state index in [1.54, 1.807) is 0 Å². The minimum Gasteiger partial charge on any atom is -0.301 e. The summed E-state index contributed by atoms with van der Waals surface area (Å²) in [5.41, 5.74) is 5.88. The number of thiazole rings is 1. The number of anilines is 1. The van der Waals surface area contributed by atoms with Crippen LogP contribution in [0.15, 0.2) is 66.0 Å². The second-order valence-corrected chi connectivity index (χ2v) is 9.93. The Morgan fingerprint density at radius 1 is 0.941 bits per heavy atom. The summed E-state index contributed by atoms with van der Waals surface area (Å²) in [6.45, 7) is 9.27. The molecule has 3 aromatic carbocycles. The van der Waals surface area contributed by atoms with E-state index in [-0.39, 0.29) is 5.91 Å². The summed E-state index contributed by atoms with van der Waals surface area (Å²) in [6.07, 6.45) is 0. The van der Waals surface area contributed by atoms with Crippen LogP contribution in [0, 0.1) is 13.8 Å². The third kappa shape index (κ3) is 5.20. The first-order valence-corrected chi connectivity index (χ1v) is 12.7. The molecule has 2 heterocycles. The normalized spacial score (nSPS) is 15.0. The number of nitrogens with one attached hydrogen (secondary N) is 1. The molecule has 1 aliphatic rings. The van der Waals surface area contributed by atoms with Gasteiger partial charge in [-0.1, -0.05) is 54.6 Å². The summed E-state index contributed by atoms with van der Waals surface area (Å²) in [7, 11) is 0. The molecule has 0 aliphatic carbocycles. The van der Waals surface area contributed by atoms with Crippen LogP contribution in [0.1, 0.15) is 16.7 Å². The lowest BCUT2D eigenvalue weighted by Crippen LogP contribution is -2.48. The van der Waals surface area contributed by atoms with Crippen LogP contribution in [0.25, 0.3) is 22.0 Å². The number of fused-ring (bicyclic) bond motifs is 1. The lowest BCUT2D eigenvalue weighted by Gasteiger charge is -2.34. The average Bonchev–Trinajstić information content (AvgIpc) is 3.30. The van der Waals surface area contributed by atoms with Gasteiger partial charge in [-0.25, -0.2) is 4.98 Å². The van der Waals surface area contributed by atoms with E-state index in [0.717, 1.165) is 44.0 Å². The van der Waals surface area contributed by atoms with E-state index in [9.17, 15) is 4.79 Å². The highest BCUT2D eigenvalue weighted by Gasteiger charge is 2.20. The fraction of sp³-hybridized carbons (Fsp3) is 0.286. The molecule has 1 aromatic heterocycles. The van der Waals surface area contributed by atoms with Crippen molar-refractivity contribution in [3.63, 3.8) is 0 Å². The molecule has 5 nitrogen and oxygen atoms in total. The first kappa shape index (κ1) is 22.7. The van der Waals surface area contributed by atoms with Crippen molar-refractivity contribution in [1.29, 1.82) is 0 Å². The number of hydrogen-bond acceptors (Lipinski definition) is 5. The molecule has 34 heavy (non-hydrogen) atoms. The van der Waals surface area contributed by atoms with Crippen LogP contribution in [0.5, 0.6) is 0 Å². The zero-order valence-electron chi connectivity index (χ0n) is 19.8. The van der Waals surface area contributed by atoms with Gasteiger partial charge in [-0.2, -0.15) is 0 Å². The number of carbonyl (C=O) groups excluding carboxylic acids is 1. The summed E-state index contributed by atoms with van der Waals surface area (Å²) >= 11 is 1.48. The second-order valence-electron chi connectivity index (χ2n) is 9.08. The molecule has 0 atom stereocenters. The SMILES string of the molecule is Cc1ccc(-c2csc(NC(=O)CN3CCN(Cc4cccc5ccccc45)CC3)n2)cc1C. The van der Waals surface area contributed by atoms with Crippen molar-refractivity contribution in [1.82, 2.24) is 14.8 Å². The Labute approximate surface area is 205 Å². The van der Waals surface area contributed by atoms with Gasteiger partial charge in [-0.05, 0) is 47.4 Å². The fourth-order valence-electron chi connectivity index (χ4n) is 4.50. The van der Waals surface area contributed by atoms with E-state index < -0.39 is 0 Å². The van der Waals surface area contributed by atoms with Crippen molar-refractivity contribution in [3.8, 4) is 11.3 Å². The van der Waals surface area contributed by atoms with Gasteiger partial charge in [0.2, 0.25) is 5.91 Å². The van der Waals surface area contributed by atoms with Crippen LogP contribution in [0.3, 0.4) is 0 Å². The second kappa shape index (κ2) is 10.1. The van der Waals surface area contributed by atoms with Crippen LogP contribution in [-0.2, 0) is 11.3 Å². The summed E-state index contributed by atoms with van der Waals surface area (Å²) < 4.78 is 0. The number of nitrogens with zero attached hydrogens (tertiary/aromatic N) is 3. The maximum Gasteiger partial charge on any atom is 0.240 e. The van der Waals surface area contributed by atoms with Gasteiger partial charge in [0.05, 0.1) is 12.2 Å². The summed E-state index contributed by atoms with van der Waals surface area (Å²) in [5.74, 6) is 0.00323. The molecule has 1 amide bonds. The minimum atomic E-state index is 0.00323. The van der Waals surface area contributed by atoms with Gasteiger partial charge in [0, 0.05) is 43.7 Å². The Morgan fingerprint density at radius 3 is 2.53 bits per heavy atom. The highest BCUT2D eigenvalue weighted by molar-refractivity contribution is 7.14. The van der Waals surface area contributed by atoms with Crippen molar-refractivity contribution in [2.24, 2.45) is 0 Å². The highest BCUT2D eigenvalue weighted by Crippen LogP contribution is 2.26. The van der Waals surface area contributed by atoms with Gasteiger partial charge < -0.3 is 5.32 Å². The fourth-order valence-corrected chi connectivity index (χ4v) is 5.24. The molecule has 1 aliphatic heterocycles. The Balaban J connectivity index is 1.12. The number of aryl methyl sites for hydroxylation is 2. The number of aromatic nitrogens is 1. The van der Waals surface area contributed by atoms with Gasteiger partial charge in [0.15, 0.2) is 5.13 Å². The zero-order chi connectivity index (χ0) is 23.5. The van der Waals surface area contributed by atoms with Crippen LogP contribution in [-0.4, -0.2) is 53.4 Å². The molecule has 6 heteroatoms. The molecule has 0 saturated carbocycles. The number of carbonyl (C=O) groups is 1. The molecule has 1 N–H and O–H groups in total. The van der Waals surface area contributed by atoms with Crippen molar-refractivity contribution in [3.05, 3.63) is 82.7 Å². The zero-order valence-corrected chi connectivity index (χ0v) is 20.6. The molecule has 4 aromatic rings. The summed E-state index contributed by atoms with van der Waals surface area (Å²) in [6, 6.07) is 21.4. The van der Waals surface area contributed by atoms with Gasteiger partial charge in [-0.15, -0.1) is 11.3 Å². The topological polar surface area (TPSA) is 48.5 Å². The molecule has 1 saturated heterocycles. The van der Waals surface area contributed by atoms with Crippen molar-refractivity contribution >= 4 is 33.1 Å². The summed E-state index contributed by atoms with van der Waals surface area (Å²) in [4.78, 5) is 22.0. The van der Waals surface area contributed by atoms with E-state index in [1.165, 1.54) is 38.8 Å². The molecule has 1 fully saturated rings. The molecule has 0 spiro atoms. The van der Waals surface area contributed by atoms with Crippen molar-refractivity contribution in [2.45, 2.75) is 20.4 Å². The maximum absolute atomic E-state index is 12.6. The predicted molar refractivity (Wildman–Crippen MR) is 141 cm³/mol. The molecular weight excluding hydrogens is 440 g/mol. The highest BCUT2D eigenvalue weighted by atomic mass is 32.1. The maximum atomic E-state index is 12.6. The van der Waals surface area contributed by atoms with E-state index >= 15 is 0 Å². The molecule has 174 valence electrons. The Kier molecular flexibility index (Phi) is 6.72. The van der Waals surface area contributed by atoms with Crippen LogP contribution < -0.4 is 5.32 Å². The van der Waals surface area contributed by atoms with Gasteiger partial charge >= 0.3 is 0 Å². The van der Waals surface area contributed by atoms with E-state index in [0.29, 0.717) is 11.7 Å². The van der Waals surface area contributed by atoms with Crippen LogP contribution in [0.4, 0.5) is 5.13 Å². The first-order valence-electron chi connectivity index (χ1n) is 11.8. The summed E-state index contributed by atoms with van der Waals surface area (Å²) in [5, 5.41) is 8.27. The van der Waals surface area contributed by atoms with Gasteiger partial charge in [0.1, 0.15) is 0 Å². The molecule has 0 bridgehead atoms. The Morgan fingerprint density at radius 2 is 1.71 bits per heavy atom. The van der Waals surface area contributed by atoms with E-state index in [1.807, 2.05) is 5.38 Å². The van der Waals surface area contributed by atoms with Crippen LogP contribution in [0.2, 0.25) is 0 Å². The minimum absolute atomic E-state index is 0.00323. The van der Waals surface area contributed by atoms with Crippen molar-refractivity contribution < 1.29 is 4.79 Å². The number of benzene rings is 3. The number of hydrogen-bond donors (Lipinski definition) is 1. The smallest absolute Gasteiger partial charge is 0.240 e. The quantitative estimate of drug-likeness (QED) is 0.413. The molecule has 5 rings (SSSR count). The third-order valence-corrected chi connectivity index (χ3v) is 7.42. The largest absolute Gasteiger partial charge is 0.301 e. The van der Waals surface area contributed by atoms with Gasteiger partial charge in [0.25, 0.3) is 0 Å².